The lowest BCUT2D eigenvalue weighted by molar-refractivity contribution is 0.295. The first kappa shape index (κ1) is 22.7. The highest BCUT2D eigenvalue weighted by Crippen LogP contribution is 2.33. The van der Waals surface area contributed by atoms with E-state index in [1.807, 2.05) is 54.8 Å². The SMILES string of the molecule is Cc1ncc2cc(-c3ccc(-c4ncccc4C)cc3Cl)c(=O)n(C[C@H]3CC[C@H](N)CC3)c2n1. The molecule has 6 nitrogen and oxygen atoms in total. The first-order valence-electron chi connectivity index (χ1n) is 11.8. The van der Waals surface area contributed by atoms with Crippen LogP contribution in [0.15, 0.2) is 53.6 Å². The molecule has 0 spiro atoms. The fourth-order valence-corrected chi connectivity index (χ4v) is 5.19. The predicted octanol–water partition coefficient (Wildman–Crippen LogP) is 5.31. The van der Waals surface area contributed by atoms with Crippen molar-refractivity contribution in [2.75, 3.05) is 0 Å². The average molecular weight is 474 g/mol. The van der Waals surface area contributed by atoms with Crippen LogP contribution in [0, 0.1) is 19.8 Å². The number of nitrogens with zero attached hydrogens (tertiary/aromatic N) is 4. The van der Waals surface area contributed by atoms with Crippen molar-refractivity contribution in [2.24, 2.45) is 11.7 Å². The van der Waals surface area contributed by atoms with Crippen LogP contribution >= 0.6 is 11.6 Å². The monoisotopic (exact) mass is 473 g/mol. The van der Waals surface area contributed by atoms with Crippen molar-refractivity contribution in [1.82, 2.24) is 19.5 Å². The van der Waals surface area contributed by atoms with Crippen molar-refractivity contribution in [3.63, 3.8) is 0 Å². The summed E-state index contributed by atoms with van der Waals surface area (Å²) < 4.78 is 1.81. The lowest BCUT2D eigenvalue weighted by Crippen LogP contribution is -2.31. The number of benzene rings is 1. The molecule has 4 aromatic rings. The van der Waals surface area contributed by atoms with E-state index in [1.54, 1.807) is 12.4 Å². The Bertz CT molecular complexity index is 1420. The van der Waals surface area contributed by atoms with Crippen LogP contribution in [0.25, 0.3) is 33.4 Å². The highest BCUT2D eigenvalue weighted by atomic mass is 35.5. The van der Waals surface area contributed by atoms with Crippen LogP contribution in [0.3, 0.4) is 0 Å². The lowest BCUT2D eigenvalue weighted by Gasteiger charge is -2.27. The van der Waals surface area contributed by atoms with Gasteiger partial charge in [0.15, 0.2) is 0 Å². The molecule has 0 saturated heterocycles. The Morgan fingerprint density at radius 1 is 1.06 bits per heavy atom. The zero-order chi connectivity index (χ0) is 23.8. The molecule has 1 fully saturated rings. The van der Waals surface area contributed by atoms with Crippen LogP contribution in [-0.4, -0.2) is 25.6 Å². The van der Waals surface area contributed by atoms with Crippen molar-refractivity contribution >= 4 is 22.6 Å². The molecular weight excluding hydrogens is 446 g/mol. The molecule has 0 aliphatic heterocycles. The third-order valence-electron chi connectivity index (χ3n) is 6.82. The predicted molar refractivity (Wildman–Crippen MR) is 137 cm³/mol. The number of halogens is 1. The topological polar surface area (TPSA) is 86.7 Å². The Kier molecular flexibility index (Phi) is 6.19. The number of aromatic nitrogens is 4. The lowest BCUT2D eigenvalue weighted by atomic mass is 9.86. The third kappa shape index (κ3) is 4.36. The number of fused-ring (bicyclic) bond motifs is 1. The molecule has 5 rings (SSSR count). The van der Waals surface area contributed by atoms with E-state index in [4.69, 9.17) is 17.3 Å². The van der Waals surface area contributed by atoms with Gasteiger partial charge in [0, 0.05) is 52.1 Å². The molecule has 7 heteroatoms. The van der Waals surface area contributed by atoms with Crippen LogP contribution < -0.4 is 11.3 Å². The highest BCUT2D eigenvalue weighted by Gasteiger charge is 2.22. The van der Waals surface area contributed by atoms with Gasteiger partial charge in [-0.05, 0) is 69.2 Å². The van der Waals surface area contributed by atoms with E-state index in [0.29, 0.717) is 40.1 Å². The fraction of sp³-hybridized carbons (Fsp3) is 0.333. The van der Waals surface area contributed by atoms with Gasteiger partial charge in [-0.2, -0.15) is 0 Å². The summed E-state index contributed by atoms with van der Waals surface area (Å²) in [5.74, 6) is 1.04. The maximum Gasteiger partial charge on any atom is 0.260 e. The summed E-state index contributed by atoms with van der Waals surface area (Å²) >= 11 is 6.75. The van der Waals surface area contributed by atoms with Crippen molar-refractivity contribution in [1.29, 1.82) is 0 Å². The second kappa shape index (κ2) is 9.28. The number of rotatable bonds is 4. The number of aryl methyl sites for hydroxylation is 2. The van der Waals surface area contributed by atoms with E-state index in [2.05, 4.69) is 15.0 Å². The molecule has 0 unspecified atom stereocenters. The van der Waals surface area contributed by atoms with Gasteiger partial charge >= 0.3 is 0 Å². The molecule has 0 bridgehead atoms. The Hall–Kier alpha value is -3.09. The Labute approximate surface area is 203 Å². The minimum atomic E-state index is -0.0795. The van der Waals surface area contributed by atoms with Crippen molar-refractivity contribution in [3.8, 4) is 22.4 Å². The zero-order valence-corrected chi connectivity index (χ0v) is 20.2. The second-order valence-corrected chi connectivity index (χ2v) is 9.72. The highest BCUT2D eigenvalue weighted by molar-refractivity contribution is 6.33. The van der Waals surface area contributed by atoms with Crippen LogP contribution in [0.4, 0.5) is 0 Å². The van der Waals surface area contributed by atoms with Gasteiger partial charge in [0.1, 0.15) is 11.5 Å². The van der Waals surface area contributed by atoms with E-state index >= 15 is 0 Å². The summed E-state index contributed by atoms with van der Waals surface area (Å²) in [6, 6.07) is 11.8. The minimum Gasteiger partial charge on any atom is -0.328 e. The van der Waals surface area contributed by atoms with E-state index in [0.717, 1.165) is 47.9 Å². The fourth-order valence-electron chi connectivity index (χ4n) is 4.90. The standard InChI is InChI=1S/C27H28ClN5O/c1-16-4-3-11-30-25(16)19-7-10-22(24(28)13-19)23-12-20-14-31-17(2)32-26(20)33(27(23)34)15-18-5-8-21(29)9-6-18/h3-4,7,10-14,18,21H,5-6,8-9,15,29H2,1-2H3/t18-,21-. The van der Waals surface area contributed by atoms with Gasteiger partial charge in [-0.3, -0.25) is 14.3 Å². The molecular formula is C27H28ClN5O. The summed E-state index contributed by atoms with van der Waals surface area (Å²) in [6.45, 7) is 4.48. The third-order valence-corrected chi connectivity index (χ3v) is 7.13. The van der Waals surface area contributed by atoms with Crippen molar-refractivity contribution < 1.29 is 0 Å². The normalized spacial score (nSPS) is 18.4. The zero-order valence-electron chi connectivity index (χ0n) is 19.5. The molecule has 0 radical (unpaired) electrons. The van der Waals surface area contributed by atoms with E-state index in [-0.39, 0.29) is 11.6 Å². The molecule has 1 aliphatic rings. The first-order valence-corrected chi connectivity index (χ1v) is 12.1. The summed E-state index contributed by atoms with van der Waals surface area (Å²) in [5.41, 5.74) is 10.8. The van der Waals surface area contributed by atoms with Gasteiger partial charge in [-0.1, -0.05) is 29.8 Å². The van der Waals surface area contributed by atoms with E-state index < -0.39 is 0 Å². The van der Waals surface area contributed by atoms with Gasteiger partial charge in [0.05, 0.1) is 5.69 Å². The van der Waals surface area contributed by atoms with E-state index in [1.165, 1.54) is 0 Å². The molecule has 0 atom stereocenters. The quantitative estimate of drug-likeness (QED) is 0.434. The van der Waals surface area contributed by atoms with Gasteiger partial charge < -0.3 is 5.73 Å². The van der Waals surface area contributed by atoms with E-state index in [9.17, 15) is 4.79 Å². The first-order chi connectivity index (χ1) is 16.4. The smallest absolute Gasteiger partial charge is 0.260 e. The number of pyridine rings is 2. The molecule has 1 aromatic carbocycles. The van der Waals surface area contributed by atoms with Crippen LogP contribution in [0.5, 0.6) is 0 Å². The Balaban J connectivity index is 1.61. The molecule has 3 heterocycles. The molecule has 3 aromatic heterocycles. The number of nitrogens with two attached hydrogens (primary N) is 1. The Morgan fingerprint density at radius 3 is 2.59 bits per heavy atom. The number of hydrogen-bond acceptors (Lipinski definition) is 5. The van der Waals surface area contributed by atoms with Gasteiger partial charge in [0.2, 0.25) is 0 Å². The molecule has 0 amide bonds. The summed E-state index contributed by atoms with van der Waals surface area (Å²) in [7, 11) is 0. The molecule has 174 valence electrons. The minimum absolute atomic E-state index is 0.0795. The maximum absolute atomic E-state index is 13.8. The average Bonchev–Trinajstić information content (AvgIpc) is 2.83. The van der Waals surface area contributed by atoms with Gasteiger partial charge in [0.25, 0.3) is 5.56 Å². The summed E-state index contributed by atoms with van der Waals surface area (Å²) in [6.07, 6.45) is 7.57. The second-order valence-electron chi connectivity index (χ2n) is 9.31. The number of hydrogen-bond donors (Lipinski definition) is 1. The maximum atomic E-state index is 13.8. The van der Waals surface area contributed by atoms with Crippen molar-refractivity contribution in [2.45, 2.75) is 52.1 Å². The largest absolute Gasteiger partial charge is 0.328 e. The van der Waals surface area contributed by atoms with Crippen molar-refractivity contribution in [3.05, 3.63) is 75.6 Å². The van der Waals surface area contributed by atoms with Gasteiger partial charge in [-0.15, -0.1) is 0 Å². The van der Waals surface area contributed by atoms with Gasteiger partial charge in [-0.25, -0.2) is 9.97 Å². The summed E-state index contributed by atoms with van der Waals surface area (Å²) in [5, 5.41) is 1.34. The molecule has 34 heavy (non-hydrogen) atoms. The summed E-state index contributed by atoms with van der Waals surface area (Å²) in [4.78, 5) is 27.3. The molecule has 1 aliphatic carbocycles. The van der Waals surface area contributed by atoms with Crippen LogP contribution in [-0.2, 0) is 6.54 Å². The Morgan fingerprint density at radius 2 is 1.85 bits per heavy atom. The van der Waals surface area contributed by atoms with Crippen LogP contribution in [0.1, 0.15) is 37.1 Å². The van der Waals surface area contributed by atoms with Crippen LogP contribution in [0.2, 0.25) is 5.02 Å². The molecule has 2 N–H and O–H groups in total. The molecule has 1 saturated carbocycles.